The topological polar surface area (TPSA) is 224 Å². The fourth-order valence-electron chi connectivity index (χ4n) is 3.46. The molecular weight excluding hydrogens is 496 g/mol. The lowest BCUT2D eigenvalue weighted by atomic mass is 9.99. The summed E-state index contributed by atoms with van der Waals surface area (Å²) in [5.74, 6) is -3.89. The molecule has 13 heteroatoms. The molecule has 0 amide bonds. The Labute approximate surface area is 209 Å². The number of carbonyl (C=O) groups is 2. The highest BCUT2D eigenvalue weighted by Gasteiger charge is 2.44. The van der Waals surface area contributed by atoms with Gasteiger partial charge in [-0.3, -0.25) is 0 Å². The molecule has 13 nitrogen and oxygen atoms in total. The van der Waals surface area contributed by atoms with Crippen LogP contribution in [0.3, 0.4) is 0 Å². The fraction of sp³-hybridized carbons (Fsp3) is 0.333. The van der Waals surface area contributed by atoms with Crippen LogP contribution >= 0.6 is 0 Å². The highest BCUT2D eigenvalue weighted by molar-refractivity contribution is 5.89. The van der Waals surface area contributed by atoms with Crippen LogP contribution in [-0.4, -0.2) is 96.2 Å². The molecule has 0 aromatic heterocycles. The van der Waals surface area contributed by atoms with Gasteiger partial charge in [0.1, 0.15) is 24.4 Å². The first-order chi connectivity index (χ1) is 17.5. The van der Waals surface area contributed by atoms with Crippen LogP contribution in [0.25, 0.3) is 6.08 Å². The molecule has 3 rings (SSSR count). The zero-order valence-electron chi connectivity index (χ0n) is 19.1. The van der Waals surface area contributed by atoms with Gasteiger partial charge in [-0.1, -0.05) is 12.1 Å². The fourth-order valence-corrected chi connectivity index (χ4v) is 3.46. The number of benzene rings is 2. The molecule has 37 heavy (non-hydrogen) atoms. The minimum absolute atomic E-state index is 0.174. The number of hydrogen-bond acceptors (Lipinski definition) is 12. The molecule has 1 fully saturated rings. The molecular formula is C24H26O13. The van der Waals surface area contributed by atoms with Crippen LogP contribution in [0.4, 0.5) is 0 Å². The molecule has 0 bridgehead atoms. The number of phenolic OH excluding ortho intramolecular Hbond substituents is 3. The zero-order valence-corrected chi connectivity index (χ0v) is 19.1. The van der Waals surface area contributed by atoms with E-state index in [9.17, 15) is 50.4 Å². The molecule has 0 aliphatic carbocycles. The standard InChI is InChI=1S/C24H26O13/c25-10-18-20(30)21(31)22(32)24(37-18)36-16-5-2-11(7-15(16)28)3-6-19(29)35-17(23(33)34)9-12-1-4-13(26)14(27)8-12/h1-8,17-18,20-22,24-28,30-32H,9-10H2,(H,33,34)/b6-3+/t17-,18-,20-,21+,22-,24+/m1/s1. The number of aliphatic hydroxyl groups excluding tert-OH is 4. The Hall–Kier alpha value is -3.88. The molecule has 6 atom stereocenters. The highest BCUT2D eigenvalue weighted by Crippen LogP contribution is 2.31. The van der Waals surface area contributed by atoms with E-state index in [1.807, 2.05) is 0 Å². The summed E-state index contributed by atoms with van der Waals surface area (Å²) < 4.78 is 15.5. The lowest BCUT2D eigenvalue weighted by Crippen LogP contribution is -2.60. The molecule has 8 N–H and O–H groups in total. The van der Waals surface area contributed by atoms with Gasteiger partial charge >= 0.3 is 11.9 Å². The van der Waals surface area contributed by atoms with Crippen LogP contribution < -0.4 is 4.74 Å². The van der Waals surface area contributed by atoms with Gasteiger partial charge in [0.2, 0.25) is 12.4 Å². The van der Waals surface area contributed by atoms with E-state index in [2.05, 4.69) is 0 Å². The number of esters is 1. The first-order valence-corrected chi connectivity index (χ1v) is 10.9. The largest absolute Gasteiger partial charge is 0.504 e. The van der Waals surface area contributed by atoms with Gasteiger partial charge in [-0.15, -0.1) is 0 Å². The number of carboxylic acid groups (broad SMARTS) is 1. The maximum absolute atomic E-state index is 12.2. The van der Waals surface area contributed by atoms with Crippen LogP contribution in [0.1, 0.15) is 11.1 Å². The molecule has 0 unspecified atom stereocenters. The lowest BCUT2D eigenvalue weighted by molar-refractivity contribution is -0.277. The molecule has 1 aliphatic heterocycles. The average molecular weight is 522 g/mol. The Kier molecular flexibility index (Phi) is 8.91. The Bertz CT molecular complexity index is 1150. The van der Waals surface area contributed by atoms with Gasteiger partial charge in [0, 0.05) is 12.5 Å². The maximum Gasteiger partial charge on any atom is 0.345 e. The first-order valence-electron chi connectivity index (χ1n) is 10.9. The molecule has 0 spiro atoms. The van der Waals surface area contributed by atoms with Crippen molar-refractivity contribution in [3.8, 4) is 23.0 Å². The number of aromatic hydroxyl groups is 3. The molecule has 200 valence electrons. The summed E-state index contributed by atoms with van der Waals surface area (Å²) in [7, 11) is 0. The maximum atomic E-state index is 12.2. The van der Waals surface area contributed by atoms with Crippen molar-refractivity contribution < 1.29 is 64.7 Å². The molecule has 2 aromatic rings. The number of aliphatic carboxylic acids is 1. The smallest absolute Gasteiger partial charge is 0.345 e. The van der Waals surface area contributed by atoms with Crippen molar-refractivity contribution in [2.24, 2.45) is 0 Å². The monoisotopic (exact) mass is 522 g/mol. The first kappa shape index (κ1) is 27.7. The Morgan fingerprint density at radius 1 is 0.946 bits per heavy atom. The van der Waals surface area contributed by atoms with Crippen molar-refractivity contribution >= 4 is 18.0 Å². The van der Waals surface area contributed by atoms with Gasteiger partial charge in [-0.05, 0) is 41.5 Å². The van der Waals surface area contributed by atoms with E-state index in [0.717, 1.165) is 12.1 Å². The van der Waals surface area contributed by atoms with E-state index < -0.39 is 66.9 Å². The molecule has 1 saturated heterocycles. The van der Waals surface area contributed by atoms with Gasteiger partial charge < -0.3 is 55.1 Å². The minimum atomic E-state index is -1.68. The average Bonchev–Trinajstić information content (AvgIpc) is 2.86. The van der Waals surface area contributed by atoms with E-state index >= 15 is 0 Å². The van der Waals surface area contributed by atoms with Gasteiger partial charge in [-0.25, -0.2) is 9.59 Å². The summed E-state index contributed by atoms with van der Waals surface area (Å²) in [6.45, 7) is -0.656. The number of rotatable bonds is 9. The quantitative estimate of drug-likeness (QED) is 0.115. The lowest BCUT2D eigenvalue weighted by Gasteiger charge is -2.39. The van der Waals surface area contributed by atoms with Crippen molar-refractivity contribution in [3.63, 3.8) is 0 Å². The van der Waals surface area contributed by atoms with Crippen molar-refractivity contribution in [2.75, 3.05) is 6.61 Å². The SMILES string of the molecule is O=C(/C=C/c1ccc(O[C@H]2O[C@H](CO)[C@@H](O)[C@H](O)[C@H]2O)c(O)c1)O[C@H](Cc1ccc(O)c(O)c1)C(=O)O. The predicted molar refractivity (Wildman–Crippen MR) is 123 cm³/mol. The second-order valence-electron chi connectivity index (χ2n) is 8.17. The van der Waals surface area contributed by atoms with Gasteiger partial charge in [0.25, 0.3) is 0 Å². The second-order valence-corrected chi connectivity index (χ2v) is 8.17. The third-order valence-electron chi connectivity index (χ3n) is 5.48. The molecule has 2 aromatic carbocycles. The summed E-state index contributed by atoms with van der Waals surface area (Å²) in [5, 5.41) is 77.4. The summed E-state index contributed by atoms with van der Waals surface area (Å²) in [5.41, 5.74) is 0.588. The number of aliphatic hydroxyl groups is 4. The van der Waals surface area contributed by atoms with Crippen molar-refractivity contribution in [2.45, 2.75) is 43.2 Å². The van der Waals surface area contributed by atoms with E-state index in [1.54, 1.807) is 0 Å². The van der Waals surface area contributed by atoms with Crippen LogP contribution in [0.2, 0.25) is 0 Å². The van der Waals surface area contributed by atoms with Crippen LogP contribution in [0, 0.1) is 0 Å². The number of carboxylic acids is 1. The van der Waals surface area contributed by atoms with E-state index in [0.29, 0.717) is 5.56 Å². The summed E-state index contributed by atoms with van der Waals surface area (Å²) in [6, 6.07) is 7.52. The van der Waals surface area contributed by atoms with Crippen molar-refractivity contribution in [1.29, 1.82) is 0 Å². The third-order valence-corrected chi connectivity index (χ3v) is 5.48. The predicted octanol–water partition coefficient (Wildman–Crippen LogP) is -0.766. The minimum Gasteiger partial charge on any atom is -0.504 e. The highest BCUT2D eigenvalue weighted by atomic mass is 16.7. The zero-order chi connectivity index (χ0) is 27.3. The van der Waals surface area contributed by atoms with Crippen molar-refractivity contribution in [3.05, 3.63) is 53.6 Å². The third kappa shape index (κ3) is 6.87. The van der Waals surface area contributed by atoms with Crippen LogP contribution in [0.5, 0.6) is 23.0 Å². The Morgan fingerprint density at radius 2 is 1.68 bits per heavy atom. The summed E-state index contributed by atoms with van der Waals surface area (Å²) in [6.07, 6.45) is -7.33. The second kappa shape index (κ2) is 11.9. The van der Waals surface area contributed by atoms with E-state index in [1.165, 1.54) is 36.4 Å². The van der Waals surface area contributed by atoms with Gasteiger partial charge in [0.05, 0.1) is 6.61 Å². The summed E-state index contributed by atoms with van der Waals surface area (Å²) in [4.78, 5) is 23.6. The Balaban J connectivity index is 1.63. The van der Waals surface area contributed by atoms with Gasteiger partial charge in [0.15, 0.2) is 23.0 Å². The Morgan fingerprint density at radius 3 is 2.30 bits per heavy atom. The normalized spacial score (nSPS) is 24.5. The number of phenols is 3. The van der Waals surface area contributed by atoms with Gasteiger partial charge in [-0.2, -0.15) is 0 Å². The van der Waals surface area contributed by atoms with Crippen molar-refractivity contribution in [1.82, 2.24) is 0 Å². The molecule has 0 saturated carbocycles. The van der Waals surface area contributed by atoms with Crippen LogP contribution in [0.15, 0.2) is 42.5 Å². The number of carbonyl (C=O) groups excluding carboxylic acids is 1. The molecule has 0 radical (unpaired) electrons. The molecule has 1 aliphatic rings. The van der Waals surface area contributed by atoms with Crippen LogP contribution in [-0.2, 0) is 25.5 Å². The summed E-state index contributed by atoms with van der Waals surface area (Å²) >= 11 is 0. The molecule has 1 heterocycles. The number of hydrogen-bond donors (Lipinski definition) is 8. The van der Waals surface area contributed by atoms with E-state index in [4.69, 9.17) is 14.2 Å². The number of ether oxygens (including phenoxy) is 3. The van der Waals surface area contributed by atoms with E-state index in [-0.39, 0.29) is 23.5 Å².